The molecule has 2 aromatic carbocycles. The van der Waals surface area contributed by atoms with Gasteiger partial charge in [0, 0.05) is 6.21 Å². The molecule has 0 N–H and O–H groups in total. The van der Waals surface area contributed by atoms with Gasteiger partial charge in [-0.25, -0.2) is 0 Å². The average molecular weight is 454 g/mol. The van der Waals surface area contributed by atoms with Gasteiger partial charge >= 0.3 is 0 Å². The van der Waals surface area contributed by atoms with Gasteiger partial charge in [-0.15, -0.1) is 0 Å². The quantitative estimate of drug-likeness (QED) is 0.121. The molecule has 0 unspecified atom stereocenters. The molecule has 0 aliphatic rings. The molecule has 0 spiro atoms. The first kappa shape index (κ1) is 26.3. The number of aryl methyl sites for hydroxylation is 3. The third kappa shape index (κ3) is 10.5. The van der Waals surface area contributed by atoms with Gasteiger partial charge in [0.15, 0.2) is 0 Å². The minimum atomic E-state index is 0.592. The Balaban J connectivity index is 1.60. The number of unbranched alkanes of at least 4 members (excludes halogenated alkanes) is 3. The van der Waals surface area contributed by atoms with Crippen LogP contribution in [-0.4, -0.2) is 33.1 Å². The van der Waals surface area contributed by atoms with Crippen molar-refractivity contribution in [1.82, 2.24) is 0 Å². The van der Waals surface area contributed by atoms with E-state index in [1.54, 1.807) is 13.3 Å². The van der Waals surface area contributed by atoms with Crippen molar-refractivity contribution in [1.29, 1.82) is 0 Å². The monoisotopic (exact) mass is 453 g/mol. The number of allylic oxidation sites excluding steroid dienone is 1. The highest BCUT2D eigenvalue weighted by Gasteiger charge is 2.07. The van der Waals surface area contributed by atoms with Crippen LogP contribution in [0.2, 0.25) is 0 Å². The second-order valence-electron chi connectivity index (χ2n) is 8.03. The zero-order valence-electron chi connectivity index (χ0n) is 20.6. The first-order valence-electron chi connectivity index (χ1n) is 11.9. The SMILES string of the molecule is C/C=C/COc1cc(C)c(OCCCCCCOc2cccc(CC/C=N/OC)c2)c(C)c1. The number of benzene rings is 2. The molecule has 2 rings (SSSR count). The zero-order chi connectivity index (χ0) is 23.7. The van der Waals surface area contributed by atoms with E-state index in [1.807, 2.05) is 43.3 Å². The number of hydrogen-bond acceptors (Lipinski definition) is 5. The summed E-state index contributed by atoms with van der Waals surface area (Å²) in [7, 11) is 1.56. The summed E-state index contributed by atoms with van der Waals surface area (Å²) in [6.45, 7) is 8.20. The molecule has 0 saturated heterocycles. The summed E-state index contributed by atoms with van der Waals surface area (Å²) in [6, 6.07) is 12.4. The zero-order valence-corrected chi connectivity index (χ0v) is 20.6. The van der Waals surface area contributed by atoms with Crippen LogP contribution in [0.1, 0.15) is 55.7 Å². The fourth-order valence-corrected chi connectivity index (χ4v) is 3.53. The Hall–Kier alpha value is -2.95. The predicted octanol–water partition coefficient (Wildman–Crippen LogP) is 6.84. The Labute approximate surface area is 199 Å². The smallest absolute Gasteiger partial charge is 0.125 e. The maximum atomic E-state index is 6.07. The number of oxime groups is 1. The normalized spacial score (nSPS) is 11.3. The van der Waals surface area contributed by atoms with E-state index in [2.05, 4.69) is 36.0 Å². The molecule has 0 aromatic heterocycles. The molecule has 0 saturated carbocycles. The highest BCUT2D eigenvalue weighted by atomic mass is 16.6. The number of nitrogens with zero attached hydrogens (tertiary/aromatic N) is 1. The molecular weight excluding hydrogens is 414 g/mol. The van der Waals surface area contributed by atoms with Crippen LogP contribution in [-0.2, 0) is 11.3 Å². The van der Waals surface area contributed by atoms with Crippen LogP contribution >= 0.6 is 0 Å². The molecule has 0 atom stereocenters. The lowest BCUT2D eigenvalue weighted by atomic mass is 10.1. The average Bonchev–Trinajstić information content (AvgIpc) is 2.80. The Bertz CT molecular complexity index is 853. The summed E-state index contributed by atoms with van der Waals surface area (Å²) < 4.78 is 17.7. The molecule has 0 fully saturated rings. The number of hydrogen-bond donors (Lipinski definition) is 0. The van der Waals surface area contributed by atoms with Gasteiger partial charge in [0.05, 0.1) is 13.2 Å². The van der Waals surface area contributed by atoms with E-state index in [1.165, 1.54) is 5.56 Å². The van der Waals surface area contributed by atoms with E-state index in [0.717, 1.165) is 80.1 Å². The van der Waals surface area contributed by atoms with Crippen molar-refractivity contribution >= 4 is 6.21 Å². The van der Waals surface area contributed by atoms with E-state index < -0.39 is 0 Å². The van der Waals surface area contributed by atoms with Crippen molar-refractivity contribution in [3.05, 3.63) is 65.2 Å². The molecule has 0 aliphatic heterocycles. The van der Waals surface area contributed by atoms with Gasteiger partial charge in [-0.3, -0.25) is 0 Å². The molecule has 0 aliphatic carbocycles. The Morgan fingerprint density at radius 2 is 1.58 bits per heavy atom. The van der Waals surface area contributed by atoms with Gasteiger partial charge < -0.3 is 19.0 Å². The van der Waals surface area contributed by atoms with Gasteiger partial charge in [0.25, 0.3) is 0 Å². The van der Waals surface area contributed by atoms with Crippen molar-refractivity contribution in [3.63, 3.8) is 0 Å². The van der Waals surface area contributed by atoms with Crippen LogP contribution in [0.25, 0.3) is 0 Å². The first-order valence-corrected chi connectivity index (χ1v) is 11.9. The standard InChI is InChI=1S/C28H39NO4/c1-5-6-17-32-27-20-23(2)28(24(3)21-27)33-19-10-8-7-9-18-31-26-15-11-13-25(22-26)14-12-16-29-30-4/h5-6,11,13,15-16,20-22H,7-10,12,14,17-19H2,1-4H3/b6-5+,29-16+. The van der Waals surface area contributed by atoms with E-state index in [0.29, 0.717) is 6.61 Å². The van der Waals surface area contributed by atoms with Crippen molar-refractivity contribution in [2.45, 2.75) is 59.3 Å². The minimum absolute atomic E-state index is 0.592. The highest BCUT2D eigenvalue weighted by Crippen LogP contribution is 2.28. The number of ether oxygens (including phenoxy) is 3. The molecule has 33 heavy (non-hydrogen) atoms. The Morgan fingerprint density at radius 3 is 2.27 bits per heavy atom. The lowest BCUT2D eigenvalue weighted by Gasteiger charge is -2.14. The summed E-state index contributed by atoms with van der Waals surface area (Å²) in [5.41, 5.74) is 3.48. The summed E-state index contributed by atoms with van der Waals surface area (Å²) >= 11 is 0. The molecule has 5 nitrogen and oxygen atoms in total. The van der Waals surface area contributed by atoms with Crippen LogP contribution in [0.5, 0.6) is 17.2 Å². The van der Waals surface area contributed by atoms with Crippen molar-refractivity contribution in [2.24, 2.45) is 5.16 Å². The van der Waals surface area contributed by atoms with E-state index >= 15 is 0 Å². The van der Waals surface area contributed by atoms with Crippen LogP contribution in [0.15, 0.2) is 53.7 Å². The first-order chi connectivity index (χ1) is 16.1. The fourth-order valence-electron chi connectivity index (χ4n) is 3.53. The van der Waals surface area contributed by atoms with Crippen molar-refractivity contribution in [2.75, 3.05) is 26.9 Å². The van der Waals surface area contributed by atoms with E-state index in [-0.39, 0.29) is 0 Å². The van der Waals surface area contributed by atoms with Gasteiger partial charge in [0.1, 0.15) is 31.0 Å². The van der Waals surface area contributed by atoms with Gasteiger partial charge in [-0.2, -0.15) is 0 Å². The summed E-state index contributed by atoms with van der Waals surface area (Å²) in [4.78, 5) is 4.69. The fraction of sp³-hybridized carbons (Fsp3) is 0.464. The molecular formula is C28H39NO4. The van der Waals surface area contributed by atoms with Gasteiger partial charge in [-0.05, 0) is 100 Å². The van der Waals surface area contributed by atoms with Crippen LogP contribution in [0.3, 0.4) is 0 Å². The Morgan fingerprint density at radius 1 is 0.848 bits per heavy atom. The topological polar surface area (TPSA) is 49.3 Å². The third-order valence-corrected chi connectivity index (χ3v) is 5.21. The van der Waals surface area contributed by atoms with Crippen LogP contribution in [0, 0.1) is 13.8 Å². The lowest BCUT2D eigenvalue weighted by Crippen LogP contribution is -2.03. The van der Waals surface area contributed by atoms with E-state index in [4.69, 9.17) is 14.2 Å². The second kappa shape index (κ2) is 15.8. The Kier molecular flexibility index (Phi) is 12.6. The minimum Gasteiger partial charge on any atom is -0.494 e. The van der Waals surface area contributed by atoms with Crippen LogP contribution in [0.4, 0.5) is 0 Å². The predicted molar refractivity (Wildman–Crippen MR) is 136 cm³/mol. The summed E-state index contributed by atoms with van der Waals surface area (Å²) in [6.07, 6.45) is 11.9. The maximum absolute atomic E-state index is 6.07. The van der Waals surface area contributed by atoms with Crippen molar-refractivity contribution in [3.8, 4) is 17.2 Å². The van der Waals surface area contributed by atoms with Gasteiger partial charge in [-0.1, -0.05) is 29.4 Å². The maximum Gasteiger partial charge on any atom is 0.125 e. The van der Waals surface area contributed by atoms with E-state index in [9.17, 15) is 0 Å². The third-order valence-electron chi connectivity index (χ3n) is 5.21. The molecule has 0 heterocycles. The molecule has 0 bridgehead atoms. The summed E-state index contributed by atoms with van der Waals surface area (Å²) in [5.74, 6) is 2.80. The second-order valence-corrected chi connectivity index (χ2v) is 8.03. The van der Waals surface area contributed by atoms with Crippen molar-refractivity contribution < 1.29 is 19.0 Å². The molecule has 5 heteroatoms. The highest BCUT2D eigenvalue weighted by molar-refractivity contribution is 5.56. The molecule has 0 amide bonds. The number of rotatable bonds is 16. The molecule has 0 radical (unpaired) electrons. The van der Waals surface area contributed by atoms with Gasteiger partial charge in [0.2, 0.25) is 0 Å². The largest absolute Gasteiger partial charge is 0.494 e. The summed E-state index contributed by atoms with van der Waals surface area (Å²) in [5, 5.41) is 3.77. The van der Waals surface area contributed by atoms with Crippen LogP contribution < -0.4 is 14.2 Å². The molecule has 2 aromatic rings. The molecule has 180 valence electrons. The lowest BCUT2D eigenvalue weighted by molar-refractivity contribution is 0.214.